The number of piperazine rings is 1. The Bertz CT molecular complexity index is 641. The van der Waals surface area contributed by atoms with Gasteiger partial charge < -0.3 is 9.80 Å². The Morgan fingerprint density at radius 3 is 2.48 bits per heavy atom. The molecule has 0 bridgehead atoms. The Morgan fingerprint density at radius 1 is 1.10 bits per heavy atom. The predicted octanol–water partition coefficient (Wildman–Crippen LogP) is 2.90. The van der Waals surface area contributed by atoms with Gasteiger partial charge in [0.15, 0.2) is 0 Å². The first kappa shape index (κ1) is 14.1. The van der Waals surface area contributed by atoms with Crippen molar-refractivity contribution < 1.29 is 4.39 Å². The minimum atomic E-state index is -0.307. The lowest BCUT2D eigenvalue weighted by Crippen LogP contribution is -2.47. The van der Waals surface area contributed by atoms with E-state index in [1.54, 1.807) is 12.3 Å². The van der Waals surface area contributed by atoms with Gasteiger partial charge in [0.05, 0.1) is 10.7 Å². The van der Waals surface area contributed by atoms with Crippen LogP contribution in [0.2, 0.25) is 5.02 Å². The molecule has 3 rings (SSSR count). The number of rotatable bonds is 2. The summed E-state index contributed by atoms with van der Waals surface area (Å²) in [7, 11) is 0. The summed E-state index contributed by atoms with van der Waals surface area (Å²) in [5, 5.41) is 0.460. The molecule has 1 aromatic carbocycles. The Hall–Kier alpha value is -1.88. The third-order valence-corrected chi connectivity index (χ3v) is 3.92. The second-order valence-electron chi connectivity index (χ2n) is 5.03. The SMILES string of the molecule is Cc1nccc(N2CCN(c3ccc(F)cc3Cl)CC2)n1. The first-order valence-electron chi connectivity index (χ1n) is 6.88. The van der Waals surface area contributed by atoms with Crippen LogP contribution in [0, 0.1) is 12.7 Å². The Morgan fingerprint density at radius 2 is 1.81 bits per heavy atom. The van der Waals surface area contributed by atoms with Crippen molar-refractivity contribution in [3.63, 3.8) is 0 Å². The number of nitrogens with zero attached hydrogens (tertiary/aromatic N) is 4. The topological polar surface area (TPSA) is 32.3 Å². The highest BCUT2D eigenvalue weighted by molar-refractivity contribution is 6.33. The Labute approximate surface area is 128 Å². The molecule has 1 saturated heterocycles. The van der Waals surface area contributed by atoms with Crippen molar-refractivity contribution in [1.29, 1.82) is 0 Å². The van der Waals surface area contributed by atoms with Crippen LogP contribution in [0.15, 0.2) is 30.5 Å². The molecular formula is C15H16ClFN4. The highest BCUT2D eigenvalue weighted by Crippen LogP contribution is 2.27. The molecule has 1 aromatic heterocycles. The van der Waals surface area contributed by atoms with Crippen molar-refractivity contribution in [2.75, 3.05) is 36.0 Å². The maximum atomic E-state index is 13.1. The largest absolute Gasteiger partial charge is 0.367 e. The van der Waals surface area contributed by atoms with Crippen molar-refractivity contribution in [3.05, 3.63) is 47.1 Å². The molecule has 1 aliphatic rings. The monoisotopic (exact) mass is 306 g/mol. The van der Waals surface area contributed by atoms with E-state index >= 15 is 0 Å². The van der Waals surface area contributed by atoms with Gasteiger partial charge >= 0.3 is 0 Å². The molecule has 4 nitrogen and oxygen atoms in total. The molecule has 1 aliphatic heterocycles. The molecule has 21 heavy (non-hydrogen) atoms. The van der Waals surface area contributed by atoms with E-state index in [9.17, 15) is 4.39 Å². The van der Waals surface area contributed by atoms with Gasteiger partial charge in [0.1, 0.15) is 17.5 Å². The second kappa shape index (κ2) is 5.85. The lowest BCUT2D eigenvalue weighted by atomic mass is 10.2. The molecular weight excluding hydrogens is 291 g/mol. The van der Waals surface area contributed by atoms with Crippen LogP contribution in [0.4, 0.5) is 15.9 Å². The lowest BCUT2D eigenvalue weighted by molar-refractivity contribution is 0.624. The number of aryl methyl sites for hydroxylation is 1. The maximum Gasteiger partial charge on any atom is 0.132 e. The number of hydrogen-bond acceptors (Lipinski definition) is 4. The van der Waals surface area contributed by atoms with Gasteiger partial charge in [0.2, 0.25) is 0 Å². The molecule has 2 heterocycles. The van der Waals surface area contributed by atoms with E-state index in [4.69, 9.17) is 11.6 Å². The van der Waals surface area contributed by atoms with Crippen LogP contribution in [-0.4, -0.2) is 36.1 Å². The second-order valence-corrected chi connectivity index (χ2v) is 5.44. The molecule has 0 saturated carbocycles. The molecule has 0 amide bonds. The van der Waals surface area contributed by atoms with E-state index in [2.05, 4.69) is 19.8 Å². The van der Waals surface area contributed by atoms with Gasteiger partial charge in [-0.15, -0.1) is 0 Å². The highest BCUT2D eigenvalue weighted by Gasteiger charge is 2.20. The molecule has 0 spiro atoms. The first-order valence-corrected chi connectivity index (χ1v) is 7.26. The third-order valence-electron chi connectivity index (χ3n) is 3.62. The molecule has 110 valence electrons. The summed E-state index contributed by atoms with van der Waals surface area (Å²) in [6.45, 7) is 5.25. The summed E-state index contributed by atoms with van der Waals surface area (Å²) in [5.41, 5.74) is 0.886. The summed E-state index contributed by atoms with van der Waals surface area (Å²) >= 11 is 6.12. The maximum absolute atomic E-state index is 13.1. The molecule has 0 N–H and O–H groups in total. The summed E-state index contributed by atoms with van der Waals surface area (Å²) < 4.78 is 13.1. The summed E-state index contributed by atoms with van der Waals surface area (Å²) in [6.07, 6.45) is 1.78. The summed E-state index contributed by atoms with van der Waals surface area (Å²) in [5.74, 6) is 1.42. The van der Waals surface area contributed by atoms with Gasteiger partial charge in [-0.25, -0.2) is 14.4 Å². The van der Waals surface area contributed by atoms with E-state index in [1.165, 1.54) is 12.1 Å². The zero-order valence-electron chi connectivity index (χ0n) is 11.8. The van der Waals surface area contributed by atoms with Crippen LogP contribution in [-0.2, 0) is 0 Å². The van der Waals surface area contributed by atoms with Gasteiger partial charge in [-0.05, 0) is 31.2 Å². The average Bonchev–Trinajstić information content (AvgIpc) is 2.47. The fraction of sp³-hybridized carbons (Fsp3) is 0.333. The molecule has 0 radical (unpaired) electrons. The van der Waals surface area contributed by atoms with E-state index < -0.39 is 0 Å². The minimum Gasteiger partial charge on any atom is -0.367 e. The summed E-state index contributed by atoms with van der Waals surface area (Å²) in [6, 6.07) is 6.47. The van der Waals surface area contributed by atoms with E-state index in [1.807, 2.05) is 13.0 Å². The van der Waals surface area contributed by atoms with Crippen LogP contribution in [0.3, 0.4) is 0 Å². The van der Waals surface area contributed by atoms with Crippen molar-refractivity contribution in [1.82, 2.24) is 9.97 Å². The fourth-order valence-corrected chi connectivity index (χ4v) is 2.82. The van der Waals surface area contributed by atoms with Gasteiger partial charge in [0.25, 0.3) is 0 Å². The average molecular weight is 307 g/mol. The molecule has 0 atom stereocenters. The van der Waals surface area contributed by atoms with Gasteiger partial charge in [0, 0.05) is 32.4 Å². The molecule has 2 aromatic rings. The predicted molar refractivity (Wildman–Crippen MR) is 82.6 cm³/mol. The van der Waals surface area contributed by atoms with E-state index in [-0.39, 0.29) is 5.82 Å². The van der Waals surface area contributed by atoms with E-state index in [0.717, 1.165) is 43.5 Å². The van der Waals surface area contributed by atoms with Crippen molar-refractivity contribution in [2.45, 2.75) is 6.92 Å². The molecule has 1 fully saturated rings. The molecule has 6 heteroatoms. The number of halogens is 2. The standard InChI is InChI=1S/C15H16ClFN4/c1-11-18-5-4-15(19-11)21-8-6-20(7-9-21)14-3-2-12(17)10-13(14)16/h2-5,10H,6-9H2,1H3. The zero-order chi connectivity index (χ0) is 14.8. The number of aromatic nitrogens is 2. The Balaban J connectivity index is 1.70. The normalized spacial score (nSPS) is 15.4. The van der Waals surface area contributed by atoms with Gasteiger partial charge in [-0.3, -0.25) is 0 Å². The van der Waals surface area contributed by atoms with Gasteiger partial charge in [-0.1, -0.05) is 11.6 Å². The van der Waals surface area contributed by atoms with Gasteiger partial charge in [-0.2, -0.15) is 0 Å². The van der Waals surface area contributed by atoms with Crippen LogP contribution in [0.1, 0.15) is 5.82 Å². The first-order chi connectivity index (χ1) is 10.1. The zero-order valence-corrected chi connectivity index (χ0v) is 12.5. The smallest absolute Gasteiger partial charge is 0.132 e. The third kappa shape index (κ3) is 3.08. The van der Waals surface area contributed by atoms with Crippen molar-refractivity contribution in [2.24, 2.45) is 0 Å². The van der Waals surface area contributed by atoms with Crippen molar-refractivity contribution >= 4 is 23.1 Å². The Kier molecular flexibility index (Phi) is 3.92. The molecule has 0 aliphatic carbocycles. The van der Waals surface area contributed by atoms with Crippen LogP contribution in [0.5, 0.6) is 0 Å². The quantitative estimate of drug-likeness (QED) is 0.854. The summed E-state index contributed by atoms with van der Waals surface area (Å²) in [4.78, 5) is 13.0. The lowest BCUT2D eigenvalue weighted by Gasteiger charge is -2.37. The molecule has 0 unspecified atom stereocenters. The fourth-order valence-electron chi connectivity index (χ4n) is 2.53. The number of hydrogen-bond donors (Lipinski definition) is 0. The van der Waals surface area contributed by atoms with Crippen LogP contribution >= 0.6 is 11.6 Å². The van der Waals surface area contributed by atoms with Crippen LogP contribution < -0.4 is 9.80 Å². The van der Waals surface area contributed by atoms with E-state index in [0.29, 0.717) is 5.02 Å². The number of benzene rings is 1. The van der Waals surface area contributed by atoms with Crippen LogP contribution in [0.25, 0.3) is 0 Å². The number of anilines is 2. The minimum absolute atomic E-state index is 0.307. The highest BCUT2D eigenvalue weighted by atomic mass is 35.5. The van der Waals surface area contributed by atoms with Crippen molar-refractivity contribution in [3.8, 4) is 0 Å².